The van der Waals surface area contributed by atoms with Gasteiger partial charge < -0.3 is 20.1 Å². The number of ether oxygens (including phenoxy) is 2. The highest BCUT2D eigenvalue weighted by molar-refractivity contribution is 8.18. The van der Waals surface area contributed by atoms with Crippen molar-refractivity contribution in [3.05, 3.63) is 88.8 Å². The van der Waals surface area contributed by atoms with E-state index in [1.807, 2.05) is 67.6 Å². The summed E-state index contributed by atoms with van der Waals surface area (Å²) >= 11 is 1.27. The Morgan fingerprint density at radius 1 is 1.06 bits per heavy atom. The Kier molecular flexibility index (Phi) is 7.29. The molecule has 0 radical (unpaired) electrons. The molecule has 2 amide bonds. The second-order valence-corrected chi connectivity index (χ2v) is 8.49. The molecule has 3 aromatic rings. The van der Waals surface area contributed by atoms with Gasteiger partial charge in [-0.1, -0.05) is 24.3 Å². The number of methoxy groups -OCH3 is 1. The summed E-state index contributed by atoms with van der Waals surface area (Å²) in [4.78, 5) is 29.4. The van der Waals surface area contributed by atoms with Gasteiger partial charge in [-0.05, 0) is 84.4 Å². The number of carbonyl (C=O) groups excluding carboxylic acids is 2. The van der Waals surface area contributed by atoms with Crippen LogP contribution in [0.25, 0.3) is 6.08 Å². The molecule has 172 valence electrons. The number of anilines is 1. The average molecular weight is 474 g/mol. The molecule has 3 aromatic carbocycles. The van der Waals surface area contributed by atoms with Crippen LogP contribution in [-0.2, 0) is 9.59 Å². The first-order chi connectivity index (χ1) is 16.5. The van der Waals surface area contributed by atoms with Crippen molar-refractivity contribution in [1.29, 1.82) is 0 Å². The van der Waals surface area contributed by atoms with Crippen molar-refractivity contribution in [2.75, 3.05) is 19.0 Å². The highest BCUT2D eigenvalue weighted by atomic mass is 32.2. The van der Waals surface area contributed by atoms with Gasteiger partial charge in [-0.2, -0.15) is 0 Å². The minimum Gasteiger partial charge on any atom is -0.497 e. The molecule has 0 aliphatic carbocycles. The summed E-state index contributed by atoms with van der Waals surface area (Å²) in [6.45, 7) is 1.86. The molecule has 4 rings (SSSR count). The average Bonchev–Trinajstić information content (AvgIpc) is 3.17. The zero-order chi connectivity index (χ0) is 23.9. The topological polar surface area (TPSA) is 89.0 Å². The Bertz CT molecular complexity index is 1250. The Labute approximate surface area is 201 Å². The minimum atomic E-state index is -0.237. The predicted octanol–water partition coefficient (Wildman–Crippen LogP) is 4.91. The number of aryl methyl sites for hydroxylation is 1. The maximum atomic E-state index is 12.3. The molecule has 1 fully saturated rings. The van der Waals surface area contributed by atoms with Gasteiger partial charge in [-0.3, -0.25) is 9.59 Å². The van der Waals surface area contributed by atoms with Crippen LogP contribution in [0.5, 0.6) is 11.5 Å². The van der Waals surface area contributed by atoms with Crippen molar-refractivity contribution in [1.82, 2.24) is 5.32 Å². The molecule has 1 aliphatic rings. The predicted molar refractivity (Wildman–Crippen MR) is 136 cm³/mol. The lowest BCUT2D eigenvalue weighted by molar-refractivity contribution is -0.118. The van der Waals surface area contributed by atoms with Crippen LogP contribution in [0.4, 0.5) is 11.4 Å². The van der Waals surface area contributed by atoms with Gasteiger partial charge in [0.15, 0.2) is 11.8 Å². The van der Waals surface area contributed by atoms with Gasteiger partial charge in [0.2, 0.25) is 0 Å². The zero-order valence-electron chi connectivity index (χ0n) is 18.7. The summed E-state index contributed by atoms with van der Waals surface area (Å²) in [6.07, 6.45) is 1.78. The molecule has 34 heavy (non-hydrogen) atoms. The number of amides is 2. The lowest BCUT2D eigenvalue weighted by atomic mass is 10.2. The number of hydrogen-bond donors (Lipinski definition) is 2. The highest BCUT2D eigenvalue weighted by Gasteiger charge is 2.23. The number of amidine groups is 1. The van der Waals surface area contributed by atoms with Gasteiger partial charge in [0.1, 0.15) is 11.5 Å². The third-order valence-electron chi connectivity index (χ3n) is 4.80. The van der Waals surface area contributed by atoms with Gasteiger partial charge in [-0.15, -0.1) is 0 Å². The number of carbonyl (C=O) groups is 2. The van der Waals surface area contributed by atoms with E-state index in [1.54, 1.807) is 25.3 Å². The van der Waals surface area contributed by atoms with Crippen molar-refractivity contribution < 1.29 is 19.1 Å². The SMILES string of the molecule is COc1ccc(N=C2NC(=O)/C(=C/c3ccc(OCC(=O)Nc4cccc(C)c4)cc3)S2)cc1. The van der Waals surface area contributed by atoms with Crippen molar-refractivity contribution in [2.24, 2.45) is 4.99 Å². The first-order valence-corrected chi connectivity index (χ1v) is 11.3. The van der Waals surface area contributed by atoms with E-state index in [-0.39, 0.29) is 18.4 Å². The summed E-state index contributed by atoms with van der Waals surface area (Å²) in [6, 6.07) is 22.0. The Balaban J connectivity index is 1.33. The number of benzene rings is 3. The van der Waals surface area contributed by atoms with Crippen LogP contribution >= 0.6 is 11.8 Å². The normalized spacial score (nSPS) is 15.3. The number of thioether (sulfide) groups is 1. The van der Waals surface area contributed by atoms with Crippen LogP contribution in [0.1, 0.15) is 11.1 Å². The fourth-order valence-corrected chi connectivity index (χ4v) is 3.98. The number of nitrogens with one attached hydrogen (secondary N) is 2. The molecule has 0 bridgehead atoms. The second kappa shape index (κ2) is 10.7. The van der Waals surface area contributed by atoms with Gasteiger partial charge >= 0.3 is 0 Å². The lowest BCUT2D eigenvalue weighted by Gasteiger charge is -2.08. The Hall–Kier alpha value is -4.04. The maximum absolute atomic E-state index is 12.3. The third-order valence-corrected chi connectivity index (χ3v) is 5.71. The molecular formula is C26H23N3O4S. The van der Waals surface area contributed by atoms with E-state index in [9.17, 15) is 9.59 Å². The largest absolute Gasteiger partial charge is 0.497 e. The summed E-state index contributed by atoms with van der Waals surface area (Å²) in [5.74, 6) is 0.865. The highest BCUT2D eigenvalue weighted by Crippen LogP contribution is 2.29. The summed E-state index contributed by atoms with van der Waals surface area (Å²) in [7, 11) is 1.60. The third kappa shape index (κ3) is 6.26. The van der Waals surface area contributed by atoms with Crippen molar-refractivity contribution >= 4 is 46.2 Å². The molecule has 2 N–H and O–H groups in total. The van der Waals surface area contributed by atoms with Gasteiger partial charge in [0.25, 0.3) is 11.8 Å². The smallest absolute Gasteiger partial charge is 0.264 e. The molecule has 8 heteroatoms. The van der Waals surface area contributed by atoms with E-state index in [4.69, 9.17) is 9.47 Å². The van der Waals surface area contributed by atoms with Crippen LogP contribution in [0.2, 0.25) is 0 Å². The molecule has 0 unspecified atom stereocenters. The van der Waals surface area contributed by atoms with Crippen molar-refractivity contribution in [3.63, 3.8) is 0 Å². The van der Waals surface area contributed by atoms with Crippen LogP contribution < -0.4 is 20.1 Å². The van der Waals surface area contributed by atoms with Crippen LogP contribution in [0.15, 0.2) is 82.7 Å². The molecule has 0 saturated carbocycles. The standard InChI is InChI=1S/C26H23N3O4S/c1-17-4-3-5-20(14-17)27-24(30)16-33-22-10-6-18(7-11-22)15-23-25(31)29-26(34-23)28-19-8-12-21(32-2)13-9-19/h3-15H,16H2,1-2H3,(H,27,30)(H,28,29,31)/b23-15-. The van der Waals surface area contributed by atoms with Crippen molar-refractivity contribution in [2.45, 2.75) is 6.92 Å². The van der Waals surface area contributed by atoms with E-state index < -0.39 is 0 Å². The monoisotopic (exact) mass is 473 g/mol. The zero-order valence-corrected chi connectivity index (χ0v) is 19.5. The van der Waals surface area contributed by atoms with E-state index in [2.05, 4.69) is 15.6 Å². The van der Waals surface area contributed by atoms with E-state index in [1.165, 1.54) is 11.8 Å². The van der Waals surface area contributed by atoms with Gasteiger partial charge in [0, 0.05) is 5.69 Å². The van der Waals surface area contributed by atoms with Gasteiger partial charge in [0.05, 0.1) is 17.7 Å². The summed E-state index contributed by atoms with van der Waals surface area (Å²) < 4.78 is 10.7. The van der Waals surface area contributed by atoms with Crippen LogP contribution in [0, 0.1) is 6.92 Å². The number of nitrogens with zero attached hydrogens (tertiary/aromatic N) is 1. The van der Waals surface area contributed by atoms with Gasteiger partial charge in [-0.25, -0.2) is 4.99 Å². The molecular weight excluding hydrogens is 450 g/mol. The number of aliphatic imine (C=N–C) groups is 1. The first kappa shape index (κ1) is 23.1. The Morgan fingerprint density at radius 3 is 2.50 bits per heavy atom. The fraction of sp³-hybridized carbons (Fsp3) is 0.115. The molecule has 7 nitrogen and oxygen atoms in total. The van der Waals surface area contributed by atoms with E-state index in [0.717, 1.165) is 28.3 Å². The number of hydrogen-bond acceptors (Lipinski definition) is 6. The summed E-state index contributed by atoms with van der Waals surface area (Å²) in [5, 5.41) is 6.10. The molecule has 1 heterocycles. The molecule has 0 aromatic heterocycles. The molecule has 1 aliphatic heterocycles. The second-order valence-electron chi connectivity index (χ2n) is 7.46. The van der Waals surface area contributed by atoms with E-state index >= 15 is 0 Å². The molecule has 0 spiro atoms. The first-order valence-electron chi connectivity index (χ1n) is 10.5. The maximum Gasteiger partial charge on any atom is 0.264 e. The molecule has 0 atom stereocenters. The molecule has 1 saturated heterocycles. The van der Waals surface area contributed by atoms with Crippen LogP contribution in [-0.4, -0.2) is 30.7 Å². The van der Waals surface area contributed by atoms with Crippen LogP contribution in [0.3, 0.4) is 0 Å². The minimum absolute atomic E-state index is 0.0994. The quantitative estimate of drug-likeness (QED) is 0.476. The number of rotatable bonds is 7. The fourth-order valence-electron chi connectivity index (χ4n) is 3.13. The Morgan fingerprint density at radius 2 is 1.79 bits per heavy atom. The van der Waals surface area contributed by atoms with Crippen molar-refractivity contribution in [3.8, 4) is 11.5 Å². The summed E-state index contributed by atoms with van der Waals surface area (Å²) in [5.41, 5.74) is 3.35. The lowest BCUT2D eigenvalue weighted by Crippen LogP contribution is -2.20. The van der Waals surface area contributed by atoms with E-state index in [0.29, 0.717) is 15.8 Å².